The van der Waals surface area contributed by atoms with Crippen molar-refractivity contribution in [3.63, 3.8) is 0 Å². The molecular weight excluding hydrogens is 284 g/mol. The van der Waals surface area contributed by atoms with Crippen LogP contribution in [0.25, 0.3) is 11.0 Å². The molecule has 0 saturated carbocycles. The summed E-state index contributed by atoms with van der Waals surface area (Å²) in [5.74, 6) is 1.62. The standard InChI is InChI=1S/C17H23ClN2O/c1-11-5-4-6-15-16(11)19-17(12(2)18)20(15)13(3)14-7-9-21-10-8-14/h4-6,12-14H,7-10H2,1-3H3. The third kappa shape index (κ3) is 2.69. The topological polar surface area (TPSA) is 27.1 Å². The van der Waals surface area contributed by atoms with Crippen LogP contribution in [-0.2, 0) is 4.74 Å². The van der Waals surface area contributed by atoms with Crippen LogP contribution in [0, 0.1) is 12.8 Å². The first-order valence-corrected chi connectivity index (χ1v) is 8.22. The Kier molecular flexibility index (Phi) is 4.23. The number of hydrogen-bond donors (Lipinski definition) is 0. The fourth-order valence-electron chi connectivity index (χ4n) is 3.39. The van der Waals surface area contributed by atoms with Crippen LogP contribution >= 0.6 is 11.6 Å². The van der Waals surface area contributed by atoms with E-state index in [1.165, 1.54) is 11.1 Å². The molecule has 2 heterocycles. The lowest BCUT2D eigenvalue weighted by atomic mass is 9.92. The Balaban J connectivity index is 2.10. The molecule has 3 nitrogen and oxygen atoms in total. The minimum Gasteiger partial charge on any atom is -0.381 e. The van der Waals surface area contributed by atoms with Gasteiger partial charge in [-0.1, -0.05) is 12.1 Å². The lowest BCUT2D eigenvalue weighted by Gasteiger charge is -2.30. The van der Waals surface area contributed by atoms with Gasteiger partial charge in [0.2, 0.25) is 0 Å². The number of halogens is 1. The summed E-state index contributed by atoms with van der Waals surface area (Å²) in [6.07, 6.45) is 2.23. The number of imidazole rings is 1. The number of benzene rings is 1. The van der Waals surface area contributed by atoms with Crippen molar-refractivity contribution in [2.45, 2.75) is 45.0 Å². The third-order valence-electron chi connectivity index (χ3n) is 4.66. The molecule has 1 aliphatic heterocycles. The highest BCUT2D eigenvalue weighted by Gasteiger charge is 2.26. The third-order valence-corrected chi connectivity index (χ3v) is 4.86. The Morgan fingerprint density at radius 3 is 2.67 bits per heavy atom. The van der Waals surface area contributed by atoms with Gasteiger partial charge in [0, 0.05) is 19.3 Å². The molecule has 1 aliphatic rings. The molecule has 1 saturated heterocycles. The molecule has 3 rings (SSSR count). The number of fused-ring (bicyclic) bond motifs is 1. The van der Waals surface area contributed by atoms with Gasteiger partial charge in [-0.3, -0.25) is 0 Å². The van der Waals surface area contributed by atoms with Crippen molar-refractivity contribution in [1.82, 2.24) is 9.55 Å². The Bertz CT molecular complexity index is 629. The number of nitrogens with zero attached hydrogens (tertiary/aromatic N) is 2. The average molecular weight is 307 g/mol. The smallest absolute Gasteiger partial charge is 0.127 e. The summed E-state index contributed by atoms with van der Waals surface area (Å²) in [6, 6.07) is 6.78. The molecule has 2 atom stereocenters. The molecule has 0 bridgehead atoms. The number of hydrogen-bond acceptors (Lipinski definition) is 2. The maximum absolute atomic E-state index is 6.41. The van der Waals surface area contributed by atoms with E-state index in [1.54, 1.807) is 0 Å². The quantitative estimate of drug-likeness (QED) is 0.773. The van der Waals surface area contributed by atoms with Crippen LogP contribution in [0.3, 0.4) is 0 Å². The monoisotopic (exact) mass is 306 g/mol. The fraction of sp³-hybridized carbons (Fsp3) is 0.588. The summed E-state index contributed by atoms with van der Waals surface area (Å²) in [4.78, 5) is 4.83. The normalized spacial score (nSPS) is 19.8. The maximum atomic E-state index is 6.41. The number of para-hydroxylation sites is 1. The summed E-state index contributed by atoms with van der Waals surface area (Å²) in [5.41, 5.74) is 3.50. The highest BCUT2D eigenvalue weighted by atomic mass is 35.5. The van der Waals surface area contributed by atoms with Crippen molar-refractivity contribution >= 4 is 22.6 Å². The van der Waals surface area contributed by atoms with Crippen LogP contribution in [-0.4, -0.2) is 22.8 Å². The van der Waals surface area contributed by atoms with Crippen LogP contribution < -0.4 is 0 Å². The van der Waals surface area contributed by atoms with Crippen molar-refractivity contribution < 1.29 is 4.74 Å². The second-order valence-corrected chi connectivity index (χ2v) is 6.74. The van der Waals surface area contributed by atoms with Gasteiger partial charge in [0.15, 0.2) is 0 Å². The van der Waals surface area contributed by atoms with Crippen molar-refractivity contribution in [3.8, 4) is 0 Å². The van der Waals surface area contributed by atoms with Gasteiger partial charge >= 0.3 is 0 Å². The highest BCUT2D eigenvalue weighted by Crippen LogP contribution is 2.35. The Labute approximate surface area is 131 Å². The molecule has 1 fully saturated rings. The van der Waals surface area contributed by atoms with Gasteiger partial charge in [-0.25, -0.2) is 4.98 Å². The number of rotatable bonds is 3. The van der Waals surface area contributed by atoms with Gasteiger partial charge in [-0.15, -0.1) is 11.6 Å². The molecule has 0 amide bonds. The molecule has 1 aromatic carbocycles. The van der Waals surface area contributed by atoms with Gasteiger partial charge in [0.1, 0.15) is 5.82 Å². The molecule has 0 N–H and O–H groups in total. The molecule has 0 radical (unpaired) electrons. The van der Waals surface area contributed by atoms with Crippen LogP contribution in [0.1, 0.15) is 49.5 Å². The van der Waals surface area contributed by atoms with Crippen molar-refractivity contribution in [2.24, 2.45) is 5.92 Å². The summed E-state index contributed by atoms with van der Waals surface area (Å²) >= 11 is 6.41. The average Bonchev–Trinajstić information content (AvgIpc) is 2.88. The van der Waals surface area contributed by atoms with Gasteiger partial charge < -0.3 is 9.30 Å². The van der Waals surface area contributed by atoms with Crippen molar-refractivity contribution in [1.29, 1.82) is 0 Å². The van der Waals surface area contributed by atoms with E-state index in [0.29, 0.717) is 12.0 Å². The highest BCUT2D eigenvalue weighted by molar-refractivity contribution is 6.20. The summed E-state index contributed by atoms with van der Waals surface area (Å²) < 4.78 is 7.86. The van der Waals surface area contributed by atoms with Gasteiger partial charge in [-0.2, -0.15) is 0 Å². The van der Waals surface area contributed by atoms with Crippen LogP contribution in [0.15, 0.2) is 18.2 Å². The van der Waals surface area contributed by atoms with Crippen molar-refractivity contribution in [2.75, 3.05) is 13.2 Å². The van der Waals surface area contributed by atoms with Crippen LogP contribution in [0.4, 0.5) is 0 Å². The van der Waals surface area contributed by atoms with E-state index in [2.05, 4.69) is 36.6 Å². The molecular formula is C17H23ClN2O. The predicted molar refractivity (Wildman–Crippen MR) is 87.0 cm³/mol. The molecule has 1 aromatic heterocycles. The van der Waals surface area contributed by atoms with Gasteiger partial charge in [0.25, 0.3) is 0 Å². The Hall–Kier alpha value is -1.06. The van der Waals surface area contributed by atoms with E-state index in [4.69, 9.17) is 21.3 Å². The molecule has 0 aliphatic carbocycles. The van der Waals surface area contributed by atoms with E-state index in [-0.39, 0.29) is 5.38 Å². The van der Waals surface area contributed by atoms with E-state index < -0.39 is 0 Å². The molecule has 2 unspecified atom stereocenters. The lowest BCUT2D eigenvalue weighted by molar-refractivity contribution is 0.0515. The number of aryl methyl sites for hydroxylation is 1. The number of ether oxygens (including phenoxy) is 1. The van der Waals surface area contributed by atoms with Gasteiger partial charge in [-0.05, 0) is 51.2 Å². The second kappa shape index (κ2) is 5.98. The predicted octanol–water partition coefficient (Wildman–Crippen LogP) is 4.63. The van der Waals surface area contributed by atoms with E-state index in [1.807, 2.05) is 6.92 Å². The SMILES string of the molecule is Cc1cccc2c1nc(C(C)Cl)n2C(C)C1CCOCC1. The molecule has 2 aromatic rings. The first-order chi connectivity index (χ1) is 10.1. The van der Waals surface area contributed by atoms with Crippen LogP contribution in [0.5, 0.6) is 0 Å². The Morgan fingerprint density at radius 2 is 2.00 bits per heavy atom. The lowest BCUT2D eigenvalue weighted by Crippen LogP contribution is -2.25. The zero-order valence-electron chi connectivity index (χ0n) is 13.0. The van der Waals surface area contributed by atoms with E-state index in [0.717, 1.165) is 37.4 Å². The molecule has 114 valence electrons. The minimum atomic E-state index is -0.0842. The summed E-state index contributed by atoms with van der Waals surface area (Å²) in [7, 11) is 0. The zero-order valence-corrected chi connectivity index (χ0v) is 13.7. The molecule has 4 heteroatoms. The van der Waals surface area contributed by atoms with Crippen molar-refractivity contribution in [3.05, 3.63) is 29.6 Å². The zero-order chi connectivity index (χ0) is 15.0. The first-order valence-electron chi connectivity index (χ1n) is 7.79. The summed E-state index contributed by atoms with van der Waals surface area (Å²) in [5, 5.41) is -0.0842. The minimum absolute atomic E-state index is 0.0842. The maximum Gasteiger partial charge on any atom is 0.127 e. The van der Waals surface area contributed by atoms with E-state index in [9.17, 15) is 0 Å². The number of aromatic nitrogens is 2. The van der Waals surface area contributed by atoms with Crippen LogP contribution in [0.2, 0.25) is 0 Å². The summed E-state index contributed by atoms with van der Waals surface area (Å²) in [6.45, 7) is 8.15. The largest absolute Gasteiger partial charge is 0.381 e. The fourth-order valence-corrected chi connectivity index (χ4v) is 3.55. The first kappa shape index (κ1) is 14.9. The van der Waals surface area contributed by atoms with E-state index >= 15 is 0 Å². The molecule has 0 spiro atoms. The Morgan fingerprint density at radius 1 is 1.29 bits per heavy atom. The number of alkyl halides is 1. The molecule has 21 heavy (non-hydrogen) atoms. The second-order valence-electron chi connectivity index (χ2n) is 6.09. The van der Waals surface area contributed by atoms with Gasteiger partial charge in [0.05, 0.1) is 16.4 Å².